The fraction of sp³-hybridized carbons (Fsp3) is 0.706. The number of hydrogen-bond acceptors (Lipinski definition) is 5. The second-order valence-corrected chi connectivity index (χ2v) is 7.47. The third-order valence-electron chi connectivity index (χ3n) is 4.85. The second kappa shape index (κ2) is 7.64. The van der Waals surface area contributed by atoms with E-state index >= 15 is 0 Å². The van der Waals surface area contributed by atoms with Crippen LogP contribution in [0.15, 0.2) is 11.4 Å². The van der Waals surface area contributed by atoms with Gasteiger partial charge in [0, 0.05) is 32.3 Å². The summed E-state index contributed by atoms with van der Waals surface area (Å²) in [6.07, 6.45) is 3.77. The Kier molecular flexibility index (Phi) is 5.56. The van der Waals surface area contributed by atoms with Crippen LogP contribution in [0.25, 0.3) is 0 Å². The van der Waals surface area contributed by atoms with Crippen LogP contribution < -0.4 is 10.1 Å². The Hall–Kier alpha value is -1.11. The van der Waals surface area contributed by atoms with Gasteiger partial charge in [0.25, 0.3) is 5.91 Å². The van der Waals surface area contributed by atoms with Crippen molar-refractivity contribution in [2.24, 2.45) is 5.92 Å². The first-order valence-electron chi connectivity index (χ1n) is 8.43. The molecular formula is C17H26N2O3S. The Balaban J connectivity index is 1.51. The minimum atomic E-state index is -0.0127. The topological polar surface area (TPSA) is 50.8 Å². The Labute approximate surface area is 142 Å². The van der Waals surface area contributed by atoms with Crippen LogP contribution in [-0.2, 0) is 4.74 Å². The molecule has 1 aromatic heterocycles. The van der Waals surface area contributed by atoms with Gasteiger partial charge in [-0.15, -0.1) is 11.3 Å². The number of nitrogens with one attached hydrogen (secondary N) is 1. The number of thiophene rings is 1. The van der Waals surface area contributed by atoms with Gasteiger partial charge in [0.1, 0.15) is 10.6 Å². The highest BCUT2D eigenvalue weighted by Crippen LogP contribution is 2.26. The number of piperidine rings is 1. The van der Waals surface area contributed by atoms with Gasteiger partial charge in [-0.1, -0.05) is 6.92 Å². The number of likely N-dealkylation sites (tertiary alicyclic amines) is 1. The van der Waals surface area contributed by atoms with Crippen LogP contribution in [-0.4, -0.2) is 56.3 Å². The molecule has 0 aromatic carbocycles. The summed E-state index contributed by atoms with van der Waals surface area (Å²) in [4.78, 5) is 15.6. The maximum absolute atomic E-state index is 12.4. The van der Waals surface area contributed by atoms with Gasteiger partial charge in [-0.2, -0.15) is 0 Å². The van der Waals surface area contributed by atoms with Gasteiger partial charge in [-0.25, -0.2) is 0 Å². The number of carbonyl (C=O) groups excluding carboxylic acids is 1. The maximum Gasteiger partial charge on any atom is 0.265 e. The van der Waals surface area contributed by atoms with Crippen LogP contribution in [0.5, 0.6) is 5.75 Å². The molecule has 128 valence electrons. The van der Waals surface area contributed by atoms with E-state index in [4.69, 9.17) is 9.47 Å². The van der Waals surface area contributed by atoms with Crippen molar-refractivity contribution in [1.29, 1.82) is 0 Å². The predicted molar refractivity (Wildman–Crippen MR) is 91.3 cm³/mol. The summed E-state index contributed by atoms with van der Waals surface area (Å²) < 4.78 is 11.0. The lowest BCUT2D eigenvalue weighted by molar-refractivity contribution is 0.0499. The molecule has 0 bridgehead atoms. The molecule has 0 spiro atoms. The summed E-state index contributed by atoms with van der Waals surface area (Å²) in [6.45, 7) is 6.21. The van der Waals surface area contributed by atoms with Crippen LogP contribution >= 0.6 is 11.3 Å². The van der Waals surface area contributed by atoms with Crippen LogP contribution in [0.1, 0.15) is 35.9 Å². The zero-order valence-electron chi connectivity index (χ0n) is 13.9. The third-order valence-corrected chi connectivity index (χ3v) is 5.74. The minimum absolute atomic E-state index is 0.0127. The lowest BCUT2D eigenvalue weighted by atomic mass is 9.93. The van der Waals surface area contributed by atoms with E-state index in [9.17, 15) is 4.79 Å². The molecule has 2 saturated heterocycles. The highest BCUT2D eigenvalue weighted by molar-refractivity contribution is 7.12. The first kappa shape index (κ1) is 16.7. The SMILES string of the molecule is COc1ccsc1C(=O)N[C@@H]1CCN(C[C@H]2CCCO2)C[C@@H]1C. The molecule has 0 unspecified atom stereocenters. The average molecular weight is 338 g/mol. The normalized spacial score (nSPS) is 28.7. The number of methoxy groups -OCH3 is 1. The Morgan fingerprint density at radius 3 is 3.09 bits per heavy atom. The first-order valence-corrected chi connectivity index (χ1v) is 9.31. The summed E-state index contributed by atoms with van der Waals surface area (Å²) >= 11 is 1.43. The van der Waals surface area contributed by atoms with E-state index < -0.39 is 0 Å². The standard InChI is InChI=1S/C17H26N2O3S/c1-12-10-19(11-13-4-3-8-22-13)7-5-14(12)18-17(20)16-15(21-2)6-9-23-16/h6,9,12-14H,3-5,7-8,10-11H2,1-2H3,(H,18,20)/t12-,13+,14+/m0/s1. The summed E-state index contributed by atoms with van der Waals surface area (Å²) in [5.74, 6) is 1.09. The number of carbonyl (C=O) groups is 1. The van der Waals surface area contributed by atoms with Crippen LogP contribution in [0.2, 0.25) is 0 Å². The van der Waals surface area contributed by atoms with Crippen molar-refractivity contribution < 1.29 is 14.3 Å². The molecule has 3 rings (SSSR count). The molecular weight excluding hydrogens is 312 g/mol. The zero-order valence-corrected chi connectivity index (χ0v) is 14.7. The average Bonchev–Trinajstić information content (AvgIpc) is 3.20. The lowest BCUT2D eigenvalue weighted by Crippen LogP contribution is -2.51. The summed E-state index contributed by atoms with van der Waals surface area (Å²) in [5, 5.41) is 5.08. The molecule has 0 radical (unpaired) electrons. The van der Waals surface area contributed by atoms with Gasteiger partial charge >= 0.3 is 0 Å². The molecule has 2 aliphatic rings. The second-order valence-electron chi connectivity index (χ2n) is 6.56. The van der Waals surface area contributed by atoms with Gasteiger partial charge in [-0.05, 0) is 36.6 Å². The van der Waals surface area contributed by atoms with Gasteiger partial charge < -0.3 is 19.7 Å². The molecule has 23 heavy (non-hydrogen) atoms. The smallest absolute Gasteiger partial charge is 0.265 e. The highest BCUT2D eigenvalue weighted by atomic mass is 32.1. The van der Waals surface area contributed by atoms with E-state index in [2.05, 4.69) is 17.1 Å². The summed E-state index contributed by atoms with van der Waals surface area (Å²) in [5.41, 5.74) is 0. The van der Waals surface area contributed by atoms with Crippen LogP contribution in [0, 0.1) is 5.92 Å². The minimum Gasteiger partial charge on any atom is -0.495 e. The van der Waals surface area contributed by atoms with Crippen molar-refractivity contribution in [3.8, 4) is 5.75 Å². The largest absolute Gasteiger partial charge is 0.495 e. The van der Waals surface area contributed by atoms with E-state index in [0.717, 1.165) is 32.7 Å². The van der Waals surface area contributed by atoms with Crippen molar-refractivity contribution in [3.05, 3.63) is 16.3 Å². The van der Waals surface area contributed by atoms with E-state index in [1.54, 1.807) is 7.11 Å². The fourth-order valence-electron chi connectivity index (χ4n) is 3.55. The maximum atomic E-state index is 12.4. The monoisotopic (exact) mass is 338 g/mol. The summed E-state index contributed by atoms with van der Waals surface area (Å²) in [7, 11) is 1.60. The molecule has 1 N–H and O–H groups in total. The Morgan fingerprint density at radius 1 is 1.52 bits per heavy atom. The van der Waals surface area contributed by atoms with Gasteiger partial charge in [-0.3, -0.25) is 4.79 Å². The molecule has 2 aliphatic heterocycles. The van der Waals surface area contributed by atoms with Crippen molar-refractivity contribution in [1.82, 2.24) is 10.2 Å². The van der Waals surface area contributed by atoms with Crippen molar-refractivity contribution >= 4 is 17.2 Å². The molecule has 3 heterocycles. The number of amides is 1. The van der Waals surface area contributed by atoms with Crippen LogP contribution in [0.4, 0.5) is 0 Å². The van der Waals surface area contributed by atoms with Crippen molar-refractivity contribution in [2.75, 3.05) is 33.4 Å². The van der Waals surface area contributed by atoms with E-state index in [1.165, 1.54) is 24.2 Å². The zero-order chi connectivity index (χ0) is 16.2. The lowest BCUT2D eigenvalue weighted by Gasteiger charge is -2.38. The third kappa shape index (κ3) is 4.05. The Bertz CT molecular complexity index is 528. The molecule has 2 fully saturated rings. The molecule has 3 atom stereocenters. The van der Waals surface area contributed by atoms with Crippen molar-refractivity contribution in [2.45, 2.75) is 38.3 Å². The number of rotatable bonds is 5. The predicted octanol–water partition coefficient (Wildman–Crippen LogP) is 2.38. The summed E-state index contributed by atoms with van der Waals surface area (Å²) in [6, 6.07) is 2.07. The van der Waals surface area contributed by atoms with Crippen molar-refractivity contribution in [3.63, 3.8) is 0 Å². The van der Waals surface area contributed by atoms with Gasteiger partial charge in [0.2, 0.25) is 0 Å². The molecule has 1 aromatic rings. The number of nitrogens with zero attached hydrogens (tertiary/aromatic N) is 1. The Morgan fingerprint density at radius 2 is 2.39 bits per heavy atom. The molecule has 0 saturated carbocycles. The molecule has 5 nitrogen and oxygen atoms in total. The molecule has 0 aliphatic carbocycles. The fourth-order valence-corrected chi connectivity index (χ4v) is 4.31. The highest BCUT2D eigenvalue weighted by Gasteiger charge is 2.30. The molecule has 6 heteroatoms. The quantitative estimate of drug-likeness (QED) is 0.895. The van der Waals surface area contributed by atoms with Gasteiger partial charge in [0.05, 0.1) is 13.2 Å². The van der Waals surface area contributed by atoms with E-state index in [-0.39, 0.29) is 11.9 Å². The number of hydrogen-bond donors (Lipinski definition) is 1. The van der Waals surface area contributed by atoms with Gasteiger partial charge in [0.15, 0.2) is 0 Å². The molecule has 1 amide bonds. The number of ether oxygens (including phenoxy) is 2. The first-order chi connectivity index (χ1) is 11.2. The van der Waals surface area contributed by atoms with Crippen LogP contribution in [0.3, 0.4) is 0 Å². The van der Waals surface area contributed by atoms with E-state index in [1.807, 2.05) is 11.4 Å². The van der Waals surface area contributed by atoms with E-state index in [0.29, 0.717) is 22.6 Å².